The fourth-order valence-electron chi connectivity index (χ4n) is 1.82. The van der Waals surface area contributed by atoms with Crippen LogP contribution in [0.15, 0.2) is 0 Å². The first kappa shape index (κ1) is 15.3. The van der Waals surface area contributed by atoms with Gasteiger partial charge in [0.15, 0.2) is 0 Å². The molecule has 1 heterocycles. The summed E-state index contributed by atoms with van der Waals surface area (Å²) in [6.07, 6.45) is -4.86. The molecule has 1 rings (SSSR count). The van der Waals surface area contributed by atoms with Gasteiger partial charge in [-0.05, 0) is 13.3 Å². The van der Waals surface area contributed by atoms with Crippen LogP contribution in [0.1, 0.15) is 36.5 Å². The number of anilines is 1. The molecule has 0 saturated heterocycles. The van der Waals surface area contributed by atoms with Crippen LogP contribution >= 0.6 is 0 Å². The Morgan fingerprint density at radius 2 is 2.11 bits per heavy atom. The molecule has 5 nitrogen and oxygen atoms in total. The Bertz CT molecular complexity index is 467. The molecule has 0 aliphatic rings. The Labute approximate surface area is 109 Å². The third-order valence-electron chi connectivity index (χ3n) is 2.63. The molecule has 0 spiro atoms. The molecule has 0 bridgehead atoms. The van der Waals surface area contributed by atoms with Crippen LogP contribution in [0, 0.1) is 0 Å². The van der Waals surface area contributed by atoms with Gasteiger partial charge in [-0.3, -0.25) is 9.48 Å². The van der Waals surface area contributed by atoms with E-state index < -0.39 is 24.5 Å². The smallest absolute Gasteiger partial charge is 0.391 e. The number of halogens is 3. The maximum absolute atomic E-state index is 12.2. The van der Waals surface area contributed by atoms with Gasteiger partial charge in [-0.1, -0.05) is 6.92 Å². The van der Waals surface area contributed by atoms with E-state index in [1.807, 2.05) is 6.92 Å². The lowest BCUT2D eigenvalue weighted by atomic mass is 10.2. The van der Waals surface area contributed by atoms with Crippen molar-refractivity contribution in [2.75, 3.05) is 5.73 Å². The second kappa shape index (κ2) is 5.50. The summed E-state index contributed by atoms with van der Waals surface area (Å²) in [5, 5.41) is 6.31. The van der Waals surface area contributed by atoms with Crippen molar-refractivity contribution in [1.82, 2.24) is 15.1 Å². The Hall–Kier alpha value is -1.73. The minimum atomic E-state index is -4.32. The number of amides is 1. The fourth-order valence-corrected chi connectivity index (χ4v) is 1.82. The van der Waals surface area contributed by atoms with Crippen molar-refractivity contribution < 1.29 is 18.0 Å². The number of aromatic nitrogens is 2. The fraction of sp³-hybridized carbons (Fsp3) is 0.636. The Balaban J connectivity index is 2.82. The molecule has 0 saturated carbocycles. The highest BCUT2D eigenvalue weighted by Gasteiger charge is 2.31. The van der Waals surface area contributed by atoms with Gasteiger partial charge in [0.1, 0.15) is 5.69 Å². The second-order valence-electron chi connectivity index (χ2n) is 4.38. The molecule has 0 aliphatic heterocycles. The van der Waals surface area contributed by atoms with Crippen molar-refractivity contribution in [1.29, 1.82) is 0 Å². The van der Waals surface area contributed by atoms with E-state index in [0.29, 0.717) is 12.1 Å². The maximum atomic E-state index is 12.2. The number of rotatable bonds is 4. The number of hydrogen-bond donors (Lipinski definition) is 2. The summed E-state index contributed by atoms with van der Waals surface area (Å²) in [5.41, 5.74) is 6.60. The van der Waals surface area contributed by atoms with Crippen LogP contribution < -0.4 is 11.1 Å². The third-order valence-corrected chi connectivity index (χ3v) is 2.63. The van der Waals surface area contributed by atoms with Crippen LogP contribution in [-0.2, 0) is 13.5 Å². The van der Waals surface area contributed by atoms with Crippen LogP contribution in [-0.4, -0.2) is 27.9 Å². The lowest BCUT2D eigenvalue weighted by Crippen LogP contribution is -2.37. The molecule has 1 unspecified atom stereocenters. The second-order valence-corrected chi connectivity index (χ2v) is 4.38. The summed E-state index contributed by atoms with van der Waals surface area (Å²) in [4.78, 5) is 11.9. The summed E-state index contributed by atoms with van der Waals surface area (Å²) in [6, 6.07) is -1.02. The molecule has 8 heteroatoms. The SMILES string of the molecule is CCc1nn(C)c(C(=O)NC(C)CC(F)(F)F)c1N. The summed E-state index contributed by atoms with van der Waals surface area (Å²) in [5.74, 6) is -0.649. The number of nitrogens with zero attached hydrogens (tertiary/aromatic N) is 2. The highest BCUT2D eigenvalue weighted by atomic mass is 19.4. The van der Waals surface area contributed by atoms with Gasteiger partial charge in [0.2, 0.25) is 0 Å². The molecule has 0 radical (unpaired) electrons. The van der Waals surface area contributed by atoms with Gasteiger partial charge in [-0.15, -0.1) is 0 Å². The average Bonchev–Trinajstić information content (AvgIpc) is 2.50. The molecular weight excluding hydrogens is 261 g/mol. The zero-order chi connectivity index (χ0) is 14.8. The van der Waals surface area contributed by atoms with E-state index in [9.17, 15) is 18.0 Å². The maximum Gasteiger partial charge on any atom is 0.391 e. The first-order valence-electron chi connectivity index (χ1n) is 5.84. The zero-order valence-corrected chi connectivity index (χ0v) is 11.0. The molecule has 108 valence electrons. The first-order chi connectivity index (χ1) is 8.65. The summed E-state index contributed by atoms with van der Waals surface area (Å²) >= 11 is 0. The standard InChI is InChI=1S/C11H17F3N4O/c1-4-7-8(15)9(18(3)17-7)10(19)16-6(2)5-11(12,13)14/h6H,4-5,15H2,1-3H3,(H,16,19). The quantitative estimate of drug-likeness (QED) is 0.879. The van der Waals surface area contributed by atoms with E-state index in [4.69, 9.17) is 5.73 Å². The molecule has 1 aromatic rings. The molecule has 0 aliphatic carbocycles. The van der Waals surface area contributed by atoms with Gasteiger partial charge < -0.3 is 11.1 Å². The van der Waals surface area contributed by atoms with Crippen LogP contribution in [0.3, 0.4) is 0 Å². The number of nitrogen functional groups attached to an aromatic ring is 1. The van der Waals surface area contributed by atoms with E-state index in [1.54, 1.807) is 0 Å². The molecule has 0 fully saturated rings. The number of carbonyl (C=O) groups excluding carboxylic acids is 1. The minimum absolute atomic E-state index is 0.0888. The van der Waals surface area contributed by atoms with Crippen LogP contribution in [0.5, 0.6) is 0 Å². The molecule has 3 N–H and O–H groups in total. The highest BCUT2D eigenvalue weighted by Crippen LogP contribution is 2.22. The molecule has 1 aromatic heterocycles. The number of alkyl halides is 3. The van der Waals surface area contributed by atoms with Crippen molar-refractivity contribution in [3.63, 3.8) is 0 Å². The van der Waals surface area contributed by atoms with Gasteiger partial charge in [0, 0.05) is 13.1 Å². The summed E-state index contributed by atoms with van der Waals surface area (Å²) in [7, 11) is 1.53. The number of nitrogens with one attached hydrogen (secondary N) is 1. The molecule has 0 aromatic carbocycles. The van der Waals surface area contributed by atoms with E-state index in [1.165, 1.54) is 18.7 Å². The first-order valence-corrected chi connectivity index (χ1v) is 5.84. The van der Waals surface area contributed by atoms with Gasteiger partial charge >= 0.3 is 6.18 Å². The van der Waals surface area contributed by atoms with Crippen LogP contribution in [0.2, 0.25) is 0 Å². The Morgan fingerprint density at radius 1 is 1.53 bits per heavy atom. The van der Waals surface area contributed by atoms with Gasteiger partial charge in [-0.25, -0.2) is 0 Å². The largest absolute Gasteiger partial charge is 0.395 e. The number of aryl methyl sites for hydroxylation is 2. The average molecular weight is 278 g/mol. The molecule has 1 amide bonds. The van der Waals surface area contributed by atoms with Gasteiger partial charge in [-0.2, -0.15) is 18.3 Å². The van der Waals surface area contributed by atoms with E-state index >= 15 is 0 Å². The highest BCUT2D eigenvalue weighted by molar-refractivity contribution is 5.98. The third kappa shape index (κ3) is 3.87. The lowest BCUT2D eigenvalue weighted by molar-refractivity contribution is -0.138. The predicted octanol–water partition coefficient (Wildman–Crippen LogP) is 1.64. The molecule has 1 atom stereocenters. The van der Waals surface area contributed by atoms with E-state index in [2.05, 4.69) is 10.4 Å². The van der Waals surface area contributed by atoms with Crippen LogP contribution in [0.25, 0.3) is 0 Å². The van der Waals surface area contributed by atoms with Crippen LogP contribution in [0.4, 0.5) is 18.9 Å². The monoisotopic (exact) mass is 278 g/mol. The van der Waals surface area contributed by atoms with Crippen molar-refractivity contribution in [2.45, 2.75) is 38.9 Å². The molecular formula is C11H17F3N4O. The predicted molar refractivity (Wildman–Crippen MR) is 64.6 cm³/mol. The minimum Gasteiger partial charge on any atom is -0.395 e. The normalized spacial score (nSPS) is 13.4. The van der Waals surface area contributed by atoms with Gasteiger partial charge in [0.05, 0.1) is 17.8 Å². The molecule has 19 heavy (non-hydrogen) atoms. The van der Waals surface area contributed by atoms with Crippen molar-refractivity contribution in [3.8, 4) is 0 Å². The zero-order valence-electron chi connectivity index (χ0n) is 11.0. The van der Waals surface area contributed by atoms with Gasteiger partial charge in [0.25, 0.3) is 5.91 Å². The lowest BCUT2D eigenvalue weighted by Gasteiger charge is -2.16. The Kier molecular flexibility index (Phi) is 4.43. The summed E-state index contributed by atoms with van der Waals surface area (Å²) in [6.45, 7) is 3.12. The Morgan fingerprint density at radius 3 is 2.53 bits per heavy atom. The summed E-state index contributed by atoms with van der Waals surface area (Å²) < 4.78 is 37.8. The number of hydrogen-bond acceptors (Lipinski definition) is 3. The van der Waals surface area contributed by atoms with E-state index in [0.717, 1.165) is 0 Å². The van der Waals surface area contributed by atoms with E-state index in [-0.39, 0.29) is 11.4 Å². The topological polar surface area (TPSA) is 72.9 Å². The van der Waals surface area contributed by atoms with Crippen molar-refractivity contribution in [2.24, 2.45) is 7.05 Å². The number of nitrogens with two attached hydrogens (primary N) is 1. The number of carbonyl (C=O) groups is 1. The van der Waals surface area contributed by atoms with Crippen molar-refractivity contribution in [3.05, 3.63) is 11.4 Å². The van der Waals surface area contributed by atoms with Crippen molar-refractivity contribution >= 4 is 11.6 Å².